The van der Waals surface area contributed by atoms with Gasteiger partial charge in [0.1, 0.15) is 0 Å². The number of aryl methyl sites for hydroxylation is 1. The fourth-order valence-corrected chi connectivity index (χ4v) is 3.57. The molecule has 0 unspecified atom stereocenters. The molecule has 2 aromatic rings. The summed E-state index contributed by atoms with van der Waals surface area (Å²) in [7, 11) is -3.98. The summed E-state index contributed by atoms with van der Waals surface area (Å²) in [6, 6.07) is 13.2. The second-order valence-corrected chi connectivity index (χ2v) is 8.17. The van der Waals surface area contributed by atoms with Gasteiger partial charge in [-0.2, -0.15) is 8.42 Å². The topological polar surface area (TPSA) is 83.8 Å². The SMILES string of the molecule is Cc1ccc(S(=O)(=O)OCC(CO)(CO)c2cccc(Br)c2)cc1. The first-order chi connectivity index (χ1) is 11.3. The molecule has 0 fully saturated rings. The maximum Gasteiger partial charge on any atom is 0.297 e. The predicted molar refractivity (Wildman–Crippen MR) is 94.3 cm³/mol. The fraction of sp³-hybridized carbons (Fsp3) is 0.294. The standard InChI is InChI=1S/C17H19BrO5S/c1-13-5-7-16(8-6-13)24(21,22)23-12-17(10-19,11-20)14-3-2-4-15(18)9-14/h2-9,19-20H,10-12H2,1H3. The first-order valence-corrected chi connectivity index (χ1v) is 9.47. The Morgan fingerprint density at radius 1 is 1.08 bits per heavy atom. The van der Waals surface area contributed by atoms with Gasteiger partial charge in [-0.3, -0.25) is 4.18 Å². The smallest absolute Gasteiger partial charge is 0.297 e. The molecule has 2 N–H and O–H groups in total. The molecule has 130 valence electrons. The van der Waals surface area contributed by atoms with Gasteiger partial charge < -0.3 is 10.2 Å². The van der Waals surface area contributed by atoms with E-state index in [4.69, 9.17) is 4.18 Å². The molecular weight excluding hydrogens is 396 g/mol. The second kappa shape index (κ2) is 7.76. The van der Waals surface area contributed by atoms with Gasteiger partial charge in [0, 0.05) is 4.47 Å². The molecule has 0 atom stereocenters. The van der Waals surface area contributed by atoms with Crippen molar-refractivity contribution in [3.63, 3.8) is 0 Å². The molecule has 5 nitrogen and oxygen atoms in total. The molecule has 0 aliphatic heterocycles. The summed E-state index contributed by atoms with van der Waals surface area (Å²) < 4.78 is 30.5. The first-order valence-electron chi connectivity index (χ1n) is 7.27. The minimum Gasteiger partial charge on any atom is -0.395 e. The van der Waals surface area contributed by atoms with Crippen molar-refractivity contribution in [1.29, 1.82) is 0 Å². The highest BCUT2D eigenvalue weighted by Crippen LogP contribution is 2.28. The summed E-state index contributed by atoms with van der Waals surface area (Å²) >= 11 is 3.32. The monoisotopic (exact) mass is 414 g/mol. The third kappa shape index (κ3) is 4.23. The number of hydrogen-bond donors (Lipinski definition) is 2. The molecule has 0 aliphatic rings. The van der Waals surface area contributed by atoms with E-state index in [0.29, 0.717) is 5.56 Å². The average Bonchev–Trinajstić information content (AvgIpc) is 2.57. The highest BCUT2D eigenvalue weighted by molar-refractivity contribution is 9.10. The van der Waals surface area contributed by atoms with Gasteiger partial charge in [0.05, 0.1) is 30.1 Å². The fourth-order valence-electron chi connectivity index (χ4n) is 2.19. The zero-order chi connectivity index (χ0) is 17.8. The number of hydrogen-bond acceptors (Lipinski definition) is 5. The Kier molecular flexibility index (Phi) is 6.17. The van der Waals surface area contributed by atoms with Crippen LogP contribution in [0.4, 0.5) is 0 Å². The van der Waals surface area contributed by atoms with Crippen molar-refractivity contribution in [2.75, 3.05) is 19.8 Å². The molecule has 0 saturated heterocycles. The molecule has 0 bridgehead atoms. The third-order valence-corrected chi connectivity index (χ3v) is 5.61. The molecule has 0 aromatic heterocycles. The summed E-state index contributed by atoms with van der Waals surface area (Å²) in [5.41, 5.74) is 0.297. The van der Waals surface area contributed by atoms with Crippen LogP contribution in [0.25, 0.3) is 0 Å². The summed E-state index contributed by atoms with van der Waals surface area (Å²) in [5, 5.41) is 19.5. The van der Waals surface area contributed by atoms with E-state index in [9.17, 15) is 18.6 Å². The van der Waals surface area contributed by atoms with Gasteiger partial charge in [-0.1, -0.05) is 45.8 Å². The van der Waals surface area contributed by atoms with Gasteiger partial charge in [0.15, 0.2) is 0 Å². The zero-order valence-corrected chi connectivity index (χ0v) is 15.5. The number of rotatable bonds is 7. The van der Waals surface area contributed by atoms with Crippen molar-refractivity contribution >= 4 is 26.0 Å². The summed E-state index contributed by atoms with van der Waals surface area (Å²) in [6.45, 7) is 0.576. The molecule has 24 heavy (non-hydrogen) atoms. The summed E-state index contributed by atoms with van der Waals surface area (Å²) in [6.07, 6.45) is 0. The third-order valence-electron chi connectivity index (χ3n) is 3.84. The van der Waals surface area contributed by atoms with Crippen molar-refractivity contribution in [1.82, 2.24) is 0 Å². The quantitative estimate of drug-likeness (QED) is 0.679. The van der Waals surface area contributed by atoms with Crippen molar-refractivity contribution < 1.29 is 22.8 Å². The average molecular weight is 415 g/mol. The van der Waals surface area contributed by atoms with Crippen LogP contribution in [0.2, 0.25) is 0 Å². The normalized spacial score (nSPS) is 12.3. The van der Waals surface area contributed by atoms with Gasteiger partial charge in [-0.25, -0.2) is 0 Å². The Morgan fingerprint density at radius 3 is 2.25 bits per heavy atom. The van der Waals surface area contributed by atoms with Crippen LogP contribution in [0.1, 0.15) is 11.1 Å². The summed E-state index contributed by atoms with van der Waals surface area (Å²) in [4.78, 5) is 0.0344. The van der Waals surface area contributed by atoms with Crippen molar-refractivity contribution in [2.24, 2.45) is 0 Å². The minimum absolute atomic E-state index is 0.0344. The van der Waals surface area contributed by atoms with E-state index in [1.807, 2.05) is 6.92 Å². The van der Waals surface area contributed by atoms with Crippen molar-refractivity contribution in [3.05, 3.63) is 64.1 Å². The Morgan fingerprint density at radius 2 is 1.71 bits per heavy atom. The van der Waals surface area contributed by atoms with E-state index in [1.54, 1.807) is 36.4 Å². The van der Waals surface area contributed by atoms with E-state index >= 15 is 0 Å². The highest BCUT2D eigenvalue weighted by Gasteiger charge is 2.34. The van der Waals surface area contributed by atoms with Gasteiger partial charge in [-0.05, 0) is 36.8 Å². The van der Waals surface area contributed by atoms with Crippen molar-refractivity contribution in [3.8, 4) is 0 Å². The maximum absolute atomic E-state index is 12.3. The minimum atomic E-state index is -3.98. The van der Waals surface area contributed by atoms with E-state index in [2.05, 4.69) is 15.9 Å². The van der Waals surface area contributed by atoms with Crippen LogP contribution in [-0.2, 0) is 19.7 Å². The van der Waals surface area contributed by atoms with Gasteiger partial charge >= 0.3 is 0 Å². The van der Waals surface area contributed by atoms with Crippen LogP contribution in [0, 0.1) is 6.92 Å². The van der Waals surface area contributed by atoms with Crippen LogP contribution >= 0.6 is 15.9 Å². The molecule has 0 saturated carbocycles. The Balaban J connectivity index is 2.27. The van der Waals surface area contributed by atoms with Crippen LogP contribution < -0.4 is 0 Å². The lowest BCUT2D eigenvalue weighted by Gasteiger charge is -2.29. The largest absolute Gasteiger partial charge is 0.395 e. The van der Waals surface area contributed by atoms with Crippen LogP contribution in [0.5, 0.6) is 0 Å². The predicted octanol–water partition coefficient (Wildman–Crippen LogP) is 2.39. The van der Waals surface area contributed by atoms with Crippen molar-refractivity contribution in [2.45, 2.75) is 17.2 Å². The Bertz CT molecular complexity index is 783. The van der Waals surface area contributed by atoms with Crippen LogP contribution in [0.15, 0.2) is 57.9 Å². The molecule has 7 heteroatoms. The van der Waals surface area contributed by atoms with Crippen LogP contribution in [0.3, 0.4) is 0 Å². The van der Waals surface area contributed by atoms with E-state index in [-0.39, 0.29) is 11.5 Å². The van der Waals surface area contributed by atoms with Gasteiger partial charge in [0.25, 0.3) is 10.1 Å². The zero-order valence-electron chi connectivity index (χ0n) is 13.1. The van der Waals surface area contributed by atoms with E-state index < -0.39 is 28.7 Å². The Labute approximate surface area is 150 Å². The number of halogens is 1. The molecule has 0 aliphatic carbocycles. The number of aliphatic hydroxyl groups excluding tert-OH is 2. The molecule has 0 radical (unpaired) electrons. The lowest BCUT2D eigenvalue weighted by molar-refractivity contribution is 0.0753. The molecule has 0 amide bonds. The lowest BCUT2D eigenvalue weighted by atomic mass is 9.83. The highest BCUT2D eigenvalue weighted by atomic mass is 79.9. The van der Waals surface area contributed by atoms with E-state index in [1.165, 1.54) is 12.1 Å². The van der Waals surface area contributed by atoms with Gasteiger partial charge in [0.2, 0.25) is 0 Å². The maximum atomic E-state index is 12.3. The molecule has 0 heterocycles. The molecule has 2 aromatic carbocycles. The summed E-state index contributed by atoms with van der Waals surface area (Å²) in [5.74, 6) is 0. The lowest BCUT2D eigenvalue weighted by Crippen LogP contribution is -2.40. The second-order valence-electron chi connectivity index (χ2n) is 5.64. The first kappa shape index (κ1) is 19.1. The molecule has 2 rings (SSSR count). The van der Waals surface area contributed by atoms with E-state index in [0.717, 1.165) is 10.0 Å². The van der Waals surface area contributed by atoms with Gasteiger partial charge in [-0.15, -0.1) is 0 Å². The van der Waals surface area contributed by atoms with Crippen LogP contribution in [-0.4, -0.2) is 38.5 Å². The number of benzene rings is 2. The number of aliphatic hydroxyl groups is 2. The molecule has 0 spiro atoms. The molecular formula is C17H19BrO5S. The Hall–Kier alpha value is -1.25.